The van der Waals surface area contributed by atoms with Crippen molar-refractivity contribution in [2.75, 3.05) is 13.6 Å². The number of aryl methyl sites for hydroxylation is 1. The molecule has 0 saturated heterocycles. The van der Waals surface area contributed by atoms with Crippen molar-refractivity contribution in [1.82, 2.24) is 0 Å². The molecule has 0 radical (unpaired) electrons. The summed E-state index contributed by atoms with van der Waals surface area (Å²) < 4.78 is 16.6. The number of hydrogen-bond acceptors (Lipinski definition) is 4. The maximum absolute atomic E-state index is 8.64. The molecule has 2 rings (SSSR count). The van der Waals surface area contributed by atoms with E-state index >= 15 is 0 Å². The van der Waals surface area contributed by atoms with Crippen LogP contribution in [0.1, 0.15) is 78.2 Å². The van der Waals surface area contributed by atoms with Crippen molar-refractivity contribution in [1.29, 1.82) is 0 Å². The number of aliphatic hydroxyl groups excluding tert-OH is 1. The summed E-state index contributed by atoms with van der Waals surface area (Å²) in [7, 11) is 0. The van der Waals surface area contributed by atoms with Crippen LogP contribution < -0.4 is 9.47 Å². The monoisotopic (exact) mass is 378 g/mol. The van der Waals surface area contributed by atoms with Crippen molar-refractivity contribution in [3.8, 4) is 11.5 Å². The molecule has 1 heterocycles. The molecule has 2 atom stereocenters. The van der Waals surface area contributed by atoms with Gasteiger partial charge in [0.05, 0.1) is 0 Å². The van der Waals surface area contributed by atoms with E-state index < -0.39 is 0 Å². The van der Waals surface area contributed by atoms with E-state index in [4.69, 9.17) is 19.3 Å². The first-order valence-electron chi connectivity index (χ1n) is 10.6. The summed E-state index contributed by atoms with van der Waals surface area (Å²) in [4.78, 5) is 0. The minimum absolute atomic E-state index is 0.0587. The summed E-state index contributed by atoms with van der Waals surface area (Å²) in [6.07, 6.45) is 9.74. The molecule has 0 aliphatic carbocycles. The van der Waals surface area contributed by atoms with Crippen molar-refractivity contribution in [2.45, 2.75) is 84.7 Å². The zero-order valence-electron chi connectivity index (χ0n) is 17.6. The van der Waals surface area contributed by atoms with Gasteiger partial charge in [0.2, 0.25) is 0 Å². The molecule has 0 bridgehead atoms. The average molecular weight is 379 g/mol. The van der Waals surface area contributed by atoms with Crippen molar-refractivity contribution >= 4 is 0 Å². The molecule has 154 valence electrons. The first-order chi connectivity index (χ1) is 12.9. The smallest absolute Gasteiger partial charge is 0.191 e. The molecular formula is C23H38O4. The lowest BCUT2D eigenvalue weighted by molar-refractivity contribution is -0.0654. The maximum Gasteiger partial charge on any atom is 0.191 e. The Balaban J connectivity index is 1.76. The highest BCUT2D eigenvalue weighted by Gasteiger charge is 2.31. The summed E-state index contributed by atoms with van der Waals surface area (Å²) in [5.74, 6) is 3.36. The van der Waals surface area contributed by atoms with E-state index in [1.54, 1.807) is 0 Å². The molecule has 27 heavy (non-hydrogen) atoms. The fraction of sp³-hybridized carbons (Fsp3) is 0.739. The summed E-state index contributed by atoms with van der Waals surface area (Å²) in [5.41, 5.74) is 1.13. The fourth-order valence-electron chi connectivity index (χ4n) is 3.82. The van der Waals surface area contributed by atoms with Crippen molar-refractivity contribution in [3.63, 3.8) is 0 Å². The van der Waals surface area contributed by atoms with Crippen LogP contribution in [0.3, 0.4) is 0 Å². The number of fused-ring (bicyclic) bond motifs is 1. The summed E-state index contributed by atoms with van der Waals surface area (Å²) in [5, 5.41) is 8.64. The second-order valence-corrected chi connectivity index (χ2v) is 8.74. The first-order valence-corrected chi connectivity index (χ1v) is 10.6. The van der Waals surface area contributed by atoms with Gasteiger partial charge in [-0.15, -0.1) is 0 Å². The number of benzene rings is 1. The highest BCUT2D eigenvalue weighted by molar-refractivity contribution is 5.42. The maximum atomic E-state index is 8.64. The normalized spacial score (nSPS) is 20.2. The van der Waals surface area contributed by atoms with Crippen LogP contribution in [0.2, 0.25) is 0 Å². The summed E-state index contributed by atoms with van der Waals surface area (Å²) in [6, 6.07) is 5.92. The third kappa shape index (κ3) is 7.71. The lowest BCUT2D eigenvalue weighted by Gasteiger charge is -2.36. The minimum atomic E-state index is -0.331. The van der Waals surface area contributed by atoms with Crippen molar-refractivity contribution in [3.05, 3.63) is 23.8 Å². The molecule has 0 aromatic heterocycles. The summed E-state index contributed by atoms with van der Waals surface area (Å²) >= 11 is 0. The standard InChI is InChI=1S/C23H38O4/c1-18(2)7-5-8-19(3)9-6-13-23(4)14-12-20-15-21(26-17-25-16-24)10-11-22(20)27-23/h10-11,15,18-19,24H,5-9,12-14,16-17H2,1-4H3. The molecule has 1 N–H and O–H groups in total. The molecule has 1 aromatic rings. The van der Waals surface area contributed by atoms with Crippen LogP contribution in [0.4, 0.5) is 0 Å². The molecular weight excluding hydrogens is 340 g/mol. The third-order valence-corrected chi connectivity index (χ3v) is 5.59. The third-order valence-electron chi connectivity index (χ3n) is 5.59. The van der Waals surface area contributed by atoms with E-state index in [9.17, 15) is 0 Å². The van der Waals surface area contributed by atoms with Gasteiger partial charge in [0, 0.05) is 0 Å². The molecule has 0 spiro atoms. The zero-order valence-corrected chi connectivity index (χ0v) is 17.6. The lowest BCUT2D eigenvalue weighted by Crippen LogP contribution is -2.36. The molecule has 0 amide bonds. The average Bonchev–Trinajstić information content (AvgIpc) is 2.61. The van der Waals surface area contributed by atoms with Crippen molar-refractivity contribution < 1.29 is 19.3 Å². The zero-order chi connectivity index (χ0) is 19.7. The van der Waals surface area contributed by atoms with Gasteiger partial charge in [-0.2, -0.15) is 0 Å². The van der Waals surface area contributed by atoms with Crippen LogP contribution in [0, 0.1) is 11.8 Å². The van der Waals surface area contributed by atoms with Gasteiger partial charge in [0.1, 0.15) is 23.9 Å². The Morgan fingerprint density at radius 3 is 2.67 bits per heavy atom. The van der Waals surface area contributed by atoms with Crippen LogP contribution in [0.25, 0.3) is 0 Å². The fourth-order valence-corrected chi connectivity index (χ4v) is 3.82. The van der Waals surface area contributed by atoms with E-state index in [1.165, 1.54) is 37.7 Å². The Morgan fingerprint density at radius 2 is 1.93 bits per heavy atom. The molecule has 1 aromatic carbocycles. The Hall–Kier alpha value is -1.26. The largest absolute Gasteiger partial charge is 0.487 e. The van der Waals surface area contributed by atoms with Gasteiger partial charge < -0.3 is 19.3 Å². The Morgan fingerprint density at radius 1 is 1.15 bits per heavy atom. The van der Waals surface area contributed by atoms with Crippen LogP contribution in [0.15, 0.2) is 18.2 Å². The molecule has 4 heteroatoms. The van der Waals surface area contributed by atoms with Crippen LogP contribution in [-0.2, 0) is 11.2 Å². The first kappa shape index (κ1) is 22.0. The molecule has 0 fully saturated rings. The van der Waals surface area contributed by atoms with Crippen molar-refractivity contribution in [2.24, 2.45) is 11.8 Å². The second-order valence-electron chi connectivity index (χ2n) is 8.74. The number of rotatable bonds is 12. The van der Waals surface area contributed by atoms with E-state index in [0.717, 1.165) is 42.6 Å². The Labute approximate surface area is 165 Å². The SMILES string of the molecule is CC(C)CCCC(C)CCCC1(C)CCc2cc(OCOCO)ccc2O1. The van der Waals surface area contributed by atoms with Gasteiger partial charge in [-0.25, -0.2) is 0 Å². The molecule has 1 aliphatic heterocycles. The van der Waals surface area contributed by atoms with E-state index in [0.29, 0.717) is 0 Å². The molecule has 0 saturated carbocycles. The Kier molecular flexibility index (Phi) is 8.91. The predicted octanol–water partition coefficient (Wildman–Crippen LogP) is 5.71. The number of ether oxygens (including phenoxy) is 3. The lowest BCUT2D eigenvalue weighted by atomic mass is 9.86. The van der Waals surface area contributed by atoms with E-state index in [1.807, 2.05) is 18.2 Å². The summed E-state index contributed by atoms with van der Waals surface area (Å²) in [6.45, 7) is 8.98. The molecule has 1 aliphatic rings. The van der Waals surface area contributed by atoms with Gasteiger partial charge in [0.25, 0.3) is 0 Å². The van der Waals surface area contributed by atoms with Gasteiger partial charge >= 0.3 is 0 Å². The van der Waals surface area contributed by atoms with Gasteiger partial charge in [-0.1, -0.05) is 46.5 Å². The highest BCUT2D eigenvalue weighted by atomic mass is 16.7. The molecule has 4 nitrogen and oxygen atoms in total. The van der Waals surface area contributed by atoms with Gasteiger partial charge in [-0.05, 0) is 68.2 Å². The van der Waals surface area contributed by atoms with Gasteiger partial charge in [0.15, 0.2) is 6.79 Å². The number of hydrogen-bond donors (Lipinski definition) is 1. The van der Waals surface area contributed by atoms with Crippen LogP contribution in [0.5, 0.6) is 11.5 Å². The quantitative estimate of drug-likeness (QED) is 0.374. The second kappa shape index (κ2) is 10.9. The predicted molar refractivity (Wildman–Crippen MR) is 109 cm³/mol. The van der Waals surface area contributed by atoms with Gasteiger partial charge in [-0.3, -0.25) is 0 Å². The number of aliphatic hydroxyl groups is 1. The Bertz CT molecular complexity index is 557. The van der Waals surface area contributed by atoms with Crippen LogP contribution >= 0.6 is 0 Å². The van der Waals surface area contributed by atoms with E-state index in [-0.39, 0.29) is 19.2 Å². The minimum Gasteiger partial charge on any atom is -0.487 e. The molecule has 2 unspecified atom stereocenters. The van der Waals surface area contributed by atoms with Crippen LogP contribution in [-0.4, -0.2) is 24.3 Å². The highest BCUT2D eigenvalue weighted by Crippen LogP contribution is 2.38. The topological polar surface area (TPSA) is 47.9 Å². The van der Waals surface area contributed by atoms with E-state index in [2.05, 4.69) is 27.7 Å².